The molecule has 0 aliphatic heterocycles. The van der Waals surface area contributed by atoms with Gasteiger partial charge in [-0.25, -0.2) is 0 Å². The maximum Gasteiger partial charge on any atom is 0.501 e. The molecule has 5 heteroatoms. The van der Waals surface area contributed by atoms with Gasteiger partial charge in [0.25, 0.3) is 0 Å². The van der Waals surface area contributed by atoms with Crippen molar-refractivity contribution in [3.63, 3.8) is 0 Å². The van der Waals surface area contributed by atoms with E-state index in [2.05, 4.69) is 45.0 Å². The molecular formula is C18H31ClO3Si. The average molecular weight is 359 g/mol. The quantitative estimate of drug-likeness (QED) is 0.359. The predicted molar refractivity (Wildman–Crippen MR) is 99.0 cm³/mol. The number of alkyl halides is 1. The molecule has 0 aliphatic rings. The van der Waals surface area contributed by atoms with Gasteiger partial charge in [-0.05, 0) is 36.8 Å². The van der Waals surface area contributed by atoms with Crippen molar-refractivity contribution in [2.45, 2.75) is 58.4 Å². The molecule has 1 aromatic carbocycles. The van der Waals surface area contributed by atoms with Crippen LogP contribution in [0.1, 0.15) is 51.2 Å². The summed E-state index contributed by atoms with van der Waals surface area (Å²) >= 11 is 5.85. The highest BCUT2D eigenvalue weighted by Gasteiger charge is 2.40. The van der Waals surface area contributed by atoms with Crippen molar-refractivity contribution in [1.29, 1.82) is 0 Å². The smallest absolute Gasteiger partial charge is 0.373 e. The first-order valence-electron chi connectivity index (χ1n) is 8.75. The minimum Gasteiger partial charge on any atom is -0.373 e. The Morgan fingerprint density at radius 2 is 1.22 bits per heavy atom. The summed E-state index contributed by atoms with van der Waals surface area (Å²) in [5, 5.41) is 0. The topological polar surface area (TPSA) is 27.7 Å². The molecule has 3 nitrogen and oxygen atoms in total. The SMILES string of the molecule is CCCO[Si](CCc1ccc(CCl)cc1)(OCCC)OCCC. The van der Waals surface area contributed by atoms with Crippen LogP contribution in [0, 0.1) is 0 Å². The molecule has 0 radical (unpaired) electrons. The number of aryl methyl sites for hydroxylation is 1. The summed E-state index contributed by atoms with van der Waals surface area (Å²) in [5.74, 6) is 0.553. The van der Waals surface area contributed by atoms with Gasteiger partial charge in [-0.2, -0.15) is 0 Å². The van der Waals surface area contributed by atoms with Crippen LogP contribution in [0.5, 0.6) is 0 Å². The molecule has 0 unspecified atom stereocenters. The van der Waals surface area contributed by atoms with E-state index in [1.54, 1.807) is 0 Å². The summed E-state index contributed by atoms with van der Waals surface area (Å²) in [5.41, 5.74) is 2.42. The van der Waals surface area contributed by atoms with Crippen LogP contribution in [0.3, 0.4) is 0 Å². The highest BCUT2D eigenvalue weighted by Crippen LogP contribution is 2.21. The Hall–Kier alpha value is -0.393. The maximum absolute atomic E-state index is 6.12. The standard InChI is InChI=1S/C18H31ClO3Si/c1-4-12-20-23(21-13-5-2,22-14-6-3)15-11-17-7-9-18(16-19)10-8-17/h7-10H,4-6,11-16H2,1-3H3. The zero-order chi connectivity index (χ0) is 17.0. The van der Waals surface area contributed by atoms with Crippen LogP contribution in [-0.2, 0) is 25.6 Å². The van der Waals surface area contributed by atoms with E-state index in [-0.39, 0.29) is 0 Å². The Morgan fingerprint density at radius 3 is 1.61 bits per heavy atom. The summed E-state index contributed by atoms with van der Waals surface area (Å²) in [6, 6.07) is 9.26. The monoisotopic (exact) mass is 358 g/mol. The molecule has 0 heterocycles. The first kappa shape index (κ1) is 20.7. The molecule has 0 amide bonds. The molecule has 0 saturated heterocycles. The summed E-state index contributed by atoms with van der Waals surface area (Å²) in [6.45, 7) is 8.44. The number of rotatable bonds is 13. The highest BCUT2D eigenvalue weighted by molar-refractivity contribution is 6.60. The van der Waals surface area contributed by atoms with E-state index in [0.29, 0.717) is 25.7 Å². The maximum atomic E-state index is 6.12. The molecule has 23 heavy (non-hydrogen) atoms. The number of hydrogen-bond acceptors (Lipinski definition) is 3. The van der Waals surface area contributed by atoms with Crippen molar-refractivity contribution >= 4 is 20.4 Å². The minimum atomic E-state index is -2.59. The molecule has 1 rings (SSSR count). The Labute approximate surface area is 147 Å². The van der Waals surface area contributed by atoms with Crippen molar-refractivity contribution in [3.05, 3.63) is 35.4 Å². The van der Waals surface area contributed by atoms with Crippen molar-refractivity contribution in [1.82, 2.24) is 0 Å². The van der Waals surface area contributed by atoms with E-state index in [0.717, 1.165) is 37.3 Å². The number of hydrogen-bond donors (Lipinski definition) is 0. The first-order chi connectivity index (χ1) is 11.2. The summed E-state index contributed by atoms with van der Waals surface area (Å²) in [6.07, 6.45) is 3.84. The molecule has 0 aliphatic carbocycles. The van der Waals surface area contributed by atoms with Gasteiger partial charge in [0, 0.05) is 31.7 Å². The van der Waals surface area contributed by atoms with Crippen molar-refractivity contribution in [2.75, 3.05) is 19.8 Å². The Balaban J connectivity index is 2.73. The first-order valence-corrected chi connectivity index (χ1v) is 11.2. The molecule has 0 fully saturated rings. The van der Waals surface area contributed by atoms with E-state index in [1.807, 2.05) is 0 Å². The molecule has 0 atom stereocenters. The van der Waals surface area contributed by atoms with Crippen LogP contribution in [0.4, 0.5) is 0 Å². The lowest BCUT2D eigenvalue weighted by Gasteiger charge is -2.29. The van der Waals surface area contributed by atoms with Crippen LogP contribution in [-0.4, -0.2) is 28.6 Å². The van der Waals surface area contributed by atoms with Gasteiger partial charge < -0.3 is 13.3 Å². The number of halogens is 1. The second-order valence-corrected chi connectivity index (χ2v) is 8.68. The second kappa shape index (κ2) is 12.0. The third kappa shape index (κ3) is 7.81. The largest absolute Gasteiger partial charge is 0.501 e. The molecule has 132 valence electrons. The number of benzene rings is 1. The fourth-order valence-electron chi connectivity index (χ4n) is 2.21. The second-order valence-electron chi connectivity index (χ2n) is 5.68. The lowest BCUT2D eigenvalue weighted by Crippen LogP contribution is -2.47. The van der Waals surface area contributed by atoms with Crippen LogP contribution in [0.15, 0.2) is 24.3 Å². The van der Waals surface area contributed by atoms with Gasteiger partial charge >= 0.3 is 8.80 Å². The van der Waals surface area contributed by atoms with Crippen molar-refractivity contribution in [2.24, 2.45) is 0 Å². The van der Waals surface area contributed by atoms with Crippen LogP contribution >= 0.6 is 11.6 Å². The summed E-state index contributed by atoms with van der Waals surface area (Å²) in [7, 11) is -2.59. The van der Waals surface area contributed by atoms with Crippen LogP contribution < -0.4 is 0 Å². The predicted octanol–water partition coefficient (Wildman–Crippen LogP) is 5.19. The van der Waals surface area contributed by atoms with Gasteiger partial charge in [-0.15, -0.1) is 11.6 Å². The van der Waals surface area contributed by atoms with Crippen LogP contribution in [0.25, 0.3) is 0 Å². The van der Waals surface area contributed by atoms with Crippen molar-refractivity contribution in [3.8, 4) is 0 Å². The van der Waals surface area contributed by atoms with E-state index >= 15 is 0 Å². The average Bonchev–Trinajstić information content (AvgIpc) is 2.61. The summed E-state index contributed by atoms with van der Waals surface area (Å²) < 4.78 is 18.4. The Bertz CT molecular complexity index is 389. The summed E-state index contributed by atoms with van der Waals surface area (Å²) in [4.78, 5) is 0. The van der Waals surface area contributed by atoms with Gasteiger partial charge in [-0.1, -0.05) is 45.0 Å². The van der Waals surface area contributed by atoms with E-state index in [4.69, 9.17) is 24.9 Å². The fraction of sp³-hybridized carbons (Fsp3) is 0.667. The minimum absolute atomic E-state index is 0.553. The molecular weight excluding hydrogens is 328 g/mol. The zero-order valence-electron chi connectivity index (χ0n) is 14.8. The normalized spacial score (nSPS) is 11.8. The van der Waals surface area contributed by atoms with E-state index in [1.165, 1.54) is 5.56 Å². The van der Waals surface area contributed by atoms with Gasteiger partial charge in [0.15, 0.2) is 0 Å². The third-order valence-electron chi connectivity index (χ3n) is 3.48. The Morgan fingerprint density at radius 1 is 0.783 bits per heavy atom. The molecule has 0 N–H and O–H groups in total. The molecule has 0 bridgehead atoms. The third-order valence-corrected chi connectivity index (χ3v) is 6.58. The van der Waals surface area contributed by atoms with Gasteiger partial charge in [0.05, 0.1) is 0 Å². The molecule has 1 aromatic rings. The lowest BCUT2D eigenvalue weighted by molar-refractivity contribution is 0.0593. The van der Waals surface area contributed by atoms with Crippen molar-refractivity contribution < 1.29 is 13.3 Å². The Kier molecular flexibility index (Phi) is 10.8. The molecule has 0 spiro atoms. The molecule has 0 aromatic heterocycles. The van der Waals surface area contributed by atoms with E-state index in [9.17, 15) is 0 Å². The van der Waals surface area contributed by atoms with Gasteiger partial charge in [0.2, 0.25) is 0 Å². The molecule has 0 saturated carbocycles. The van der Waals surface area contributed by atoms with E-state index < -0.39 is 8.80 Å². The zero-order valence-corrected chi connectivity index (χ0v) is 16.5. The van der Waals surface area contributed by atoms with Crippen LogP contribution in [0.2, 0.25) is 6.04 Å². The lowest BCUT2D eigenvalue weighted by atomic mass is 10.1. The van der Waals surface area contributed by atoms with Gasteiger partial charge in [0.1, 0.15) is 0 Å². The fourth-order valence-corrected chi connectivity index (χ4v) is 5.21. The highest BCUT2D eigenvalue weighted by atomic mass is 35.5. The van der Waals surface area contributed by atoms with Gasteiger partial charge in [-0.3, -0.25) is 0 Å².